The molecular formula is C27H29N11O12S2. The van der Waals surface area contributed by atoms with E-state index in [9.17, 15) is 43.5 Å². The molecule has 3 aliphatic rings. The van der Waals surface area contributed by atoms with E-state index in [2.05, 4.69) is 36.8 Å². The van der Waals surface area contributed by atoms with Gasteiger partial charge in [0.15, 0.2) is 0 Å². The minimum atomic E-state index is -1.48. The molecule has 0 spiro atoms. The fraction of sp³-hybridized carbons (Fsp3) is 0.370. The number of nitrogens with one attached hydrogen (secondary N) is 4. The van der Waals surface area contributed by atoms with E-state index in [1.165, 1.54) is 36.0 Å². The largest absolute Gasteiger partial charge is 0.480 e. The first-order chi connectivity index (χ1) is 24.7. The number of carbonyl (C=O) groups excluding carboxylic acids is 5. The smallest absolute Gasteiger partial charge is 0.411 e. The average Bonchev–Trinajstić information content (AvgIpc) is 3.74. The molecule has 9 N–H and O–H groups in total. The first-order valence-corrected chi connectivity index (χ1v) is 17.0. The van der Waals surface area contributed by atoms with E-state index in [4.69, 9.17) is 20.7 Å². The van der Waals surface area contributed by atoms with E-state index >= 15 is 0 Å². The summed E-state index contributed by atoms with van der Waals surface area (Å²) in [5, 5.41) is 47.8. The van der Waals surface area contributed by atoms with Gasteiger partial charge in [-0.3, -0.25) is 29.4 Å². The first-order valence-electron chi connectivity index (χ1n) is 14.9. The third kappa shape index (κ3) is 8.32. The van der Waals surface area contributed by atoms with Gasteiger partial charge in [-0.15, -0.1) is 16.9 Å². The summed E-state index contributed by atoms with van der Waals surface area (Å²) in [6.45, 7) is -0.920. The standard InChI is InChI=1S/C27H29N11O12S2/c28-14(22(43)44)8-50-27(49)30-13-3-1-11(2-4-13)16(32-25(48)36-6-5-29-24(36)47)19(41)31-17-20(42)38-18(23(45)46)12(9-51-21(17)38)10-52-26-33-34-35-37(26)7-15(39)40/h1-4,14,16-17,21H,5-10,28H2,(H,29,47)(H,30,49)(H,31,41)(H,32,48)(H,39,40)(H,43,44)(H,45,46)/t14-,16-,17-,21+/m1/s1. The number of carbonyl (C=O) groups is 8. The van der Waals surface area contributed by atoms with Crippen LogP contribution in [0.25, 0.3) is 0 Å². The number of nitrogens with two attached hydrogens (primary N) is 1. The van der Waals surface area contributed by atoms with E-state index in [-0.39, 0.29) is 46.7 Å². The third-order valence-corrected chi connectivity index (χ3v) is 9.92. The van der Waals surface area contributed by atoms with Crippen molar-refractivity contribution in [2.24, 2.45) is 5.73 Å². The van der Waals surface area contributed by atoms with Crippen LogP contribution in [0.5, 0.6) is 0 Å². The van der Waals surface area contributed by atoms with Gasteiger partial charge in [-0.2, -0.15) is 0 Å². The summed E-state index contributed by atoms with van der Waals surface area (Å²) >= 11 is 2.15. The van der Waals surface area contributed by atoms with Crippen LogP contribution in [0, 0.1) is 0 Å². The number of thioether (sulfide) groups is 2. The average molecular weight is 764 g/mol. The van der Waals surface area contributed by atoms with Crippen molar-refractivity contribution in [3.05, 3.63) is 41.1 Å². The number of fused-ring (bicyclic) bond motifs is 1. The molecule has 1 aromatic carbocycles. The number of rotatable bonds is 14. The molecule has 0 radical (unpaired) electrons. The maximum Gasteiger partial charge on any atom is 0.411 e. The number of nitrogens with zero attached hydrogens (tertiary/aromatic N) is 6. The van der Waals surface area contributed by atoms with Gasteiger partial charge < -0.3 is 41.7 Å². The van der Waals surface area contributed by atoms with Crippen LogP contribution in [0.2, 0.25) is 0 Å². The van der Waals surface area contributed by atoms with Gasteiger partial charge in [0.2, 0.25) is 11.1 Å². The van der Waals surface area contributed by atoms with Crippen molar-refractivity contribution in [3.8, 4) is 0 Å². The van der Waals surface area contributed by atoms with Crippen LogP contribution in [0.4, 0.5) is 20.1 Å². The second-order valence-corrected chi connectivity index (χ2v) is 13.1. The number of ether oxygens (including phenoxy) is 1. The van der Waals surface area contributed by atoms with Gasteiger partial charge in [0, 0.05) is 30.3 Å². The van der Waals surface area contributed by atoms with Gasteiger partial charge in [0.25, 0.3) is 5.91 Å². The van der Waals surface area contributed by atoms with E-state index < -0.39 is 84.5 Å². The van der Waals surface area contributed by atoms with E-state index in [0.717, 1.165) is 26.2 Å². The normalized spacial score (nSPS) is 19.1. The molecule has 5 rings (SSSR count). The summed E-state index contributed by atoms with van der Waals surface area (Å²) in [6.07, 6.45) is -1.01. The lowest BCUT2D eigenvalue weighted by Gasteiger charge is -2.49. The quantitative estimate of drug-likeness (QED) is 0.0764. The van der Waals surface area contributed by atoms with Crippen LogP contribution in [-0.2, 0) is 35.3 Å². The maximum atomic E-state index is 13.7. The lowest BCUT2D eigenvalue weighted by Crippen LogP contribution is -2.71. The van der Waals surface area contributed by atoms with Gasteiger partial charge in [0.1, 0.15) is 42.3 Å². The molecule has 25 heteroatoms. The Morgan fingerprint density at radius 3 is 2.48 bits per heavy atom. The molecule has 276 valence electrons. The number of benzene rings is 1. The monoisotopic (exact) mass is 763 g/mol. The summed E-state index contributed by atoms with van der Waals surface area (Å²) in [5.41, 5.74) is 5.66. The molecule has 2 saturated heterocycles. The number of carboxylic acid groups (broad SMARTS) is 3. The summed E-state index contributed by atoms with van der Waals surface area (Å²) in [7, 11) is 0. The molecule has 0 saturated carbocycles. The van der Waals surface area contributed by atoms with Crippen LogP contribution in [0.15, 0.2) is 40.7 Å². The van der Waals surface area contributed by atoms with Crippen LogP contribution in [-0.4, -0.2) is 142 Å². The Kier molecular flexibility index (Phi) is 11.4. The number of amides is 7. The van der Waals surface area contributed by atoms with Gasteiger partial charge in [-0.1, -0.05) is 23.9 Å². The molecule has 1 aromatic heterocycles. The number of urea groups is 2. The lowest BCUT2D eigenvalue weighted by molar-refractivity contribution is -0.151. The Morgan fingerprint density at radius 2 is 1.85 bits per heavy atom. The highest BCUT2D eigenvalue weighted by atomic mass is 32.2. The van der Waals surface area contributed by atoms with Crippen LogP contribution in [0.3, 0.4) is 0 Å². The van der Waals surface area contributed by atoms with Gasteiger partial charge >= 0.3 is 36.1 Å². The van der Waals surface area contributed by atoms with Crippen molar-refractivity contribution in [3.63, 3.8) is 0 Å². The van der Waals surface area contributed by atoms with Crippen LogP contribution >= 0.6 is 23.5 Å². The van der Waals surface area contributed by atoms with Crippen molar-refractivity contribution in [1.29, 1.82) is 0 Å². The van der Waals surface area contributed by atoms with E-state index in [0.29, 0.717) is 5.57 Å². The molecule has 4 heterocycles. The second kappa shape index (κ2) is 15.9. The van der Waals surface area contributed by atoms with Crippen molar-refractivity contribution in [2.75, 3.05) is 36.5 Å². The molecule has 0 aliphatic carbocycles. The zero-order chi connectivity index (χ0) is 37.7. The predicted molar refractivity (Wildman–Crippen MR) is 174 cm³/mol. The van der Waals surface area contributed by atoms with Crippen molar-refractivity contribution in [1.82, 2.24) is 46.0 Å². The molecule has 7 amide bonds. The number of carboxylic acids is 3. The molecule has 0 bridgehead atoms. The highest BCUT2D eigenvalue weighted by Gasteiger charge is 2.54. The number of hydrogen-bond donors (Lipinski definition) is 8. The van der Waals surface area contributed by atoms with Gasteiger partial charge in [0.05, 0.1) is 0 Å². The Hall–Kier alpha value is -5.95. The van der Waals surface area contributed by atoms with Crippen LogP contribution in [0.1, 0.15) is 11.6 Å². The summed E-state index contributed by atoms with van der Waals surface area (Å²) in [6, 6.07) is -0.321. The highest BCUT2D eigenvalue weighted by Crippen LogP contribution is 2.41. The topological polar surface area (TPSA) is 331 Å². The molecule has 52 heavy (non-hydrogen) atoms. The van der Waals surface area contributed by atoms with Gasteiger partial charge in [-0.05, 0) is 33.7 Å². The number of aliphatic carboxylic acids is 3. The molecule has 23 nitrogen and oxygen atoms in total. The summed E-state index contributed by atoms with van der Waals surface area (Å²) in [5.74, 6) is -5.44. The number of β-lactam (4-membered cyclic amide) rings is 1. The molecular weight excluding hydrogens is 734 g/mol. The fourth-order valence-corrected chi connectivity index (χ4v) is 7.39. The Labute approximate surface area is 299 Å². The molecule has 2 aromatic rings. The third-order valence-electron chi connectivity index (χ3n) is 7.54. The van der Waals surface area contributed by atoms with E-state index in [1.54, 1.807) is 0 Å². The zero-order valence-corrected chi connectivity index (χ0v) is 28.1. The molecule has 0 unspecified atom stereocenters. The second-order valence-electron chi connectivity index (χ2n) is 11.0. The zero-order valence-electron chi connectivity index (χ0n) is 26.5. The Balaban J connectivity index is 1.29. The predicted octanol–water partition coefficient (Wildman–Crippen LogP) is -1.98. The van der Waals surface area contributed by atoms with Crippen molar-refractivity contribution < 1.29 is 58.4 Å². The maximum absolute atomic E-state index is 13.7. The lowest BCUT2D eigenvalue weighted by atomic mass is 10.0. The number of aromatic nitrogens is 4. The molecule has 4 atom stereocenters. The van der Waals surface area contributed by atoms with E-state index in [1.807, 2.05) is 0 Å². The summed E-state index contributed by atoms with van der Waals surface area (Å²) < 4.78 is 5.80. The highest BCUT2D eigenvalue weighted by molar-refractivity contribution is 8.01. The Bertz CT molecular complexity index is 1840. The molecule has 2 fully saturated rings. The SMILES string of the molecule is N[C@H](COC(=O)Nc1ccc([C@@H](NC(=O)N2CCNC2=O)C(=O)N[C@@H]2C(=O)N3C(C(=O)O)=C(CSc4nnnn4CC(=O)O)CS[C@@H]23)cc1)C(=O)O. The van der Waals surface area contributed by atoms with Gasteiger partial charge in [-0.25, -0.2) is 28.8 Å². The van der Waals surface area contributed by atoms with Crippen molar-refractivity contribution in [2.45, 2.75) is 35.2 Å². The molecule has 3 aliphatic heterocycles. The number of hydrogen-bond acceptors (Lipinski definition) is 15. The minimum Gasteiger partial charge on any atom is -0.480 e. The number of tetrazole rings is 1. The fourth-order valence-electron chi connectivity index (χ4n) is 5.03. The van der Waals surface area contributed by atoms with Crippen molar-refractivity contribution >= 4 is 77.1 Å². The summed E-state index contributed by atoms with van der Waals surface area (Å²) in [4.78, 5) is 100. The Morgan fingerprint density at radius 1 is 1.12 bits per heavy atom. The van der Waals surface area contributed by atoms with Crippen LogP contribution < -0.4 is 27.0 Å². The number of anilines is 1. The minimum absolute atomic E-state index is 0.0127. The number of imide groups is 1. The first kappa shape index (κ1) is 37.3.